The van der Waals surface area contributed by atoms with Gasteiger partial charge in [0.05, 0.1) is 11.8 Å². The highest BCUT2D eigenvalue weighted by Gasteiger charge is 2.44. The Morgan fingerprint density at radius 1 is 1.24 bits per heavy atom. The highest BCUT2D eigenvalue weighted by atomic mass is 16.3. The minimum absolute atomic E-state index is 0.111. The van der Waals surface area contributed by atoms with Crippen molar-refractivity contribution < 1.29 is 5.11 Å². The summed E-state index contributed by atoms with van der Waals surface area (Å²) in [5, 5.41) is 15.0. The molecule has 1 N–H and O–H groups in total. The lowest BCUT2D eigenvalue weighted by atomic mass is 9.76. The number of hydrogen-bond donors (Lipinski definition) is 1. The minimum atomic E-state index is -0.111. The van der Waals surface area contributed by atoms with Crippen molar-refractivity contribution in [3.05, 3.63) is 47.3 Å². The molecule has 2 heterocycles. The zero-order valence-corrected chi connectivity index (χ0v) is 15.4. The molecule has 1 spiro atoms. The van der Waals surface area contributed by atoms with Gasteiger partial charge in [-0.3, -0.25) is 4.90 Å². The van der Waals surface area contributed by atoms with E-state index in [0.717, 1.165) is 26.1 Å². The van der Waals surface area contributed by atoms with E-state index in [9.17, 15) is 5.11 Å². The van der Waals surface area contributed by atoms with Crippen molar-refractivity contribution in [2.24, 2.45) is 5.41 Å². The Hall–Kier alpha value is -1.65. The number of aliphatic hydroxyl groups is 1. The quantitative estimate of drug-likeness (QED) is 0.929. The van der Waals surface area contributed by atoms with Crippen molar-refractivity contribution in [1.82, 2.24) is 14.7 Å². The van der Waals surface area contributed by atoms with Crippen LogP contribution in [0.3, 0.4) is 0 Å². The molecule has 2 aliphatic rings. The second-order valence-corrected chi connectivity index (χ2v) is 8.11. The summed E-state index contributed by atoms with van der Waals surface area (Å²) in [7, 11) is 0. The maximum Gasteiger partial charge on any atom is 0.0695 e. The Bertz CT molecular complexity index is 740. The average Bonchev–Trinajstić information content (AvgIpc) is 3.22. The second kappa shape index (κ2) is 6.58. The first-order valence-corrected chi connectivity index (χ1v) is 9.58. The smallest absolute Gasteiger partial charge is 0.0695 e. The molecule has 2 fully saturated rings. The molecule has 0 bridgehead atoms. The first-order valence-electron chi connectivity index (χ1n) is 9.58. The van der Waals surface area contributed by atoms with E-state index in [4.69, 9.17) is 0 Å². The number of hydrogen-bond acceptors (Lipinski definition) is 3. The molecule has 1 aliphatic heterocycles. The first-order chi connectivity index (χ1) is 12.1. The number of piperidine rings is 1. The van der Waals surface area contributed by atoms with Crippen LogP contribution in [0.25, 0.3) is 5.69 Å². The lowest BCUT2D eigenvalue weighted by molar-refractivity contribution is -0.0120. The van der Waals surface area contributed by atoms with Crippen LogP contribution in [0.5, 0.6) is 0 Å². The third-order valence-corrected chi connectivity index (χ3v) is 6.27. The maximum absolute atomic E-state index is 10.5. The molecule has 1 saturated carbocycles. The summed E-state index contributed by atoms with van der Waals surface area (Å²) in [6.07, 6.45) is 9.47. The van der Waals surface area contributed by atoms with Gasteiger partial charge in [0.1, 0.15) is 0 Å². The average molecular weight is 339 g/mol. The molecule has 0 amide bonds. The van der Waals surface area contributed by atoms with Gasteiger partial charge in [-0.25, -0.2) is 4.68 Å². The zero-order valence-electron chi connectivity index (χ0n) is 15.4. The summed E-state index contributed by atoms with van der Waals surface area (Å²) in [5.74, 6) is 0. The van der Waals surface area contributed by atoms with E-state index < -0.39 is 0 Å². The van der Waals surface area contributed by atoms with Gasteiger partial charge in [0.25, 0.3) is 0 Å². The lowest BCUT2D eigenvalue weighted by Gasteiger charge is -2.43. The maximum atomic E-state index is 10.5. The van der Waals surface area contributed by atoms with Gasteiger partial charge >= 0.3 is 0 Å². The van der Waals surface area contributed by atoms with E-state index in [2.05, 4.69) is 36.0 Å². The Labute approximate surface area is 150 Å². The SMILES string of the molecule is Cc1cc(C)c(CN2CCC[C@@]3(CCC[C@H]3O)C2)c(-n2cccn2)c1. The zero-order chi connectivity index (χ0) is 17.4. The number of benzene rings is 1. The molecule has 2 atom stereocenters. The predicted octanol–water partition coefficient (Wildman–Crippen LogP) is 3.62. The fourth-order valence-corrected chi connectivity index (χ4v) is 5.01. The van der Waals surface area contributed by atoms with E-state index in [1.807, 2.05) is 23.1 Å². The molecule has 25 heavy (non-hydrogen) atoms. The van der Waals surface area contributed by atoms with Crippen LogP contribution >= 0.6 is 0 Å². The van der Waals surface area contributed by atoms with Crippen LogP contribution in [0, 0.1) is 19.3 Å². The number of nitrogens with zero attached hydrogens (tertiary/aromatic N) is 3. The summed E-state index contributed by atoms with van der Waals surface area (Å²) in [6.45, 7) is 7.45. The predicted molar refractivity (Wildman–Crippen MR) is 99.8 cm³/mol. The Balaban J connectivity index is 1.62. The fraction of sp³-hybridized carbons (Fsp3) is 0.571. The van der Waals surface area contributed by atoms with Crippen molar-refractivity contribution >= 4 is 0 Å². The standard InChI is InChI=1S/C21H29N3O/c1-16-12-17(2)18(19(13-16)24-11-5-9-22-24)14-23-10-4-8-21(15-23)7-3-6-20(21)25/h5,9,11-13,20,25H,3-4,6-8,10,14-15H2,1-2H3/t20-,21+/m1/s1. The summed E-state index contributed by atoms with van der Waals surface area (Å²) < 4.78 is 1.99. The molecular formula is C21H29N3O. The summed E-state index contributed by atoms with van der Waals surface area (Å²) in [4.78, 5) is 2.56. The lowest BCUT2D eigenvalue weighted by Crippen LogP contribution is -2.46. The normalized spacial score (nSPS) is 27.2. The van der Waals surface area contributed by atoms with Crippen molar-refractivity contribution in [3.63, 3.8) is 0 Å². The molecule has 1 aromatic heterocycles. The van der Waals surface area contributed by atoms with Crippen LogP contribution in [0.2, 0.25) is 0 Å². The molecular weight excluding hydrogens is 310 g/mol. The Kier molecular flexibility index (Phi) is 4.42. The van der Waals surface area contributed by atoms with Gasteiger partial charge < -0.3 is 5.11 Å². The molecule has 2 aromatic rings. The number of aliphatic hydroxyl groups excluding tert-OH is 1. The molecule has 134 valence electrons. The molecule has 1 saturated heterocycles. The van der Waals surface area contributed by atoms with Crippen molar-refractivity contribution in [2.45, 2.75) is 58.6 Å². The summed E-state index contributed by atoms with van der Waals surface area (Å²) in [6, 6.07) is 6.48. The van der Waals surface area contributed by atoms with Crippen LogP contribution < -0.4 is 0 Å². The third-order valence-electron chi connectivity index (χ3n) is 6.27. The van der Waals surface area contributed by atoms with Gasteiger partial charge in [0.2, 0.25) is 0 Å². The number of rotatable bonds is 3. The molecule has 4 nitrogen and oxygen atoms in total. The molecule has 4 rings (SSSR count). The van der Waals surface area contributed by atoms with Gasteiger partial charge in [-0.15, -0.1) is 0 Å². The van der Waals surface area contributed by atoms with E-state index in [1.54, 1.807) is 0 Å². The molecule has 1 aliphatic carbocycles. The largest absolute Gasteiger partial charge is 0.393 e. The van der Waals surface area contributed by atoms with Gasteiger partial charge in [-0.05, 0) is 74.9 Å². The highest BCUT2D eigenvalue weighted by Crippen LogP contribution is 2.45. The van der Waals surface area contributed by atoms with Crippen molar-refractivity contribution in [2.75, 3.05) is 13.1 Å². The second-order valence-electron chi connectivity index (χ2n) is 8.11. The molecule has 0 radical (unpaired) electrons. The van der Waals surface area contributed by atoms with Crippen LogP contribution in [0.4, 0.5) is 0 Å². The van der Waals surface area contributed by atoms with E-state index >= 15 is 0 Å². The fourth-order valence-electron chi connectivity index (χ4n) is 5.01. The summed E-state index contributed by atoms with van der Waals surface area (Å²) in [5.41, 5.74) is 5.29. The topological polar surface area (TPSA) is 41.3 Å². The van der Waals surface area contributed by atoms with Crippen molar-refractivity contribution in [1.29, 1.82) is 0 Å². The molecule has 0 unspecified atom stereocenters. The monoisotopic (exact) mass is 339 g/mol. The van der Waals surface area contributed by atoms with Crippen LogP contribution in [-0.2, 0) is 6.54 Å². The van der Waals surface area contributed by atoms with Crippen molar-refractivity contribution in [3.8, 4) is 5.69 Å². The Morgan fingerprint density at radius 2 is 2.08 bits per heavy atom. The van der Waals surface area contributed by atoms with E-state index in [1.165, 1.54) is 48.1 Å². The van der Waals surface area contributed by atoms with Gasteiger partial charge in [0, 0.05) is 30.9 Å². The first kappa shape index (κ1) is 16.8. The number of aromatic nitrogens is 2. The number of aryl methyl sites for hydroxylation is 2. The van der Waals surface area contributed by atoms with E-state index in [0.29, 0.717) is 0 Å². The third kappa shape index (κ3) is 3.13. The van der Waals surface area contributed by atoms with Crippen LogP contribution in [-0.4, -0.2) is 39.0 Å². The molecule has 1 aromatic carbocycles. The number of likely N-dealkylation sites (tertiary alicyclic amines) is 1. The minimum Gasteiger partial charge on any atom is -0.393 e. The van der Waals surface area contributed by atoms with Gasteiger partial charge in [-0.2, -0.15) is 5.10 Å². The summed E-state index contributed by atoms with van der Waals surface area (Å²) >= 11 is 0. The van der Waals surface area contributed by atoms with Crippen LogP contribution in [0.1, 0.15) is 48.8 Å². The van der Waals surface area contributed by atoms with E-state index in [-0.39, 0.29) is 11.5 Å². The highest BCUT2D eigenvalue weighted by molar-refractivity contribution is 5.48. The van der Waals surface area contributed by atoms with Gasteiger partial charge in [-0.1, -0.05) is 12.5 Å². The van der Waals surface area contributed by atoms with Gasteiger partial charge in [0.15, 0.2) is 0 Å². The van der Waals surface area contributed by atoms with Crippen LogP contribution in [0.15, 0.2) is 30.6 Å². The molecule has 4 heteroatoms. The Morgan fingerprint density at radius 3 is 2.80 bits per heavy atom.